The molecule has 0 aliphatic rings. The van der Waals surface area contributed by atoms with Crippen LogP contribution in [0.2, 0.25) is 0 Å². The van der Waals surface area contributed by atoms with Gasteiger partial charge in [0.25, 0.3) is 0 Å². The normalized spacial score (nSPS) is 11.6. The van der Waals surface area contributed by atoms with Gasteiger partial charge in [0.05, 0.1) is 6.54 Å². The molecule has 0 saturated heterocycles. The smallest absolute Gasteiger partial charge is 0.170 e. The lowest BCUT2D eigenvalue weighted by atomic mass is 10.2. The lowest BCUT2D eigenvalue weighted by Gasteiger charge is -2.19. The van der Waals surface area contributed by atoms with Crippen LogP contribution in [0.5, 0.6) is 0 Å². The van der Waals surface area contributed by atoms with Crippen LogP contribution in [0, 0.1) is 0 Å². The summed E-state index contributed by atoms with van der Waals surface area (Å²) in [5.74, 6) is 1.01. The molecule has 0 radical (unpaired) electrons. The molecule has 1 heterocycles. The molecule has 7 nitrogen and oxygen atoms in total. The van der Waals surface area contributed by atoms with Crippen LogP contribution >= 0.6 is 0 Å². The first-order valence-corrected chi connectivity index (χ1v) is 6.81. The molecule has 0 aliphatic heterocycles. The summed E-state index contributed by atoms with van der Waals surface area (Å²) in [5, 5.41) is 16.0. The molecular formula is C14H20N6O. The Morgan fingerprint density at radius 1 is 1.48 bits per heavy atom. The lowest BCUT2D eigenvalue weighted by Crippen LogP contribution is -2.21. The van der Waals surface area contributed by atoms with E-state index < -0.39 is 0 Å². The minimum atomic E-state index is 0.0967. The average molecular weight is 288 g/mol. The fourth-order valence-corrected chi connectivity index (χ4v) is 2.07. The maximum atomic E-state index is 8.75. The molecule has 0 aliphatic carbocycles. The van der Waals surface area contributed by atoms with Gasteiger partial charge < -0.3 is 15.8 Å². The first-order valence-electron chi connectivity index (χ1n) is 6.81. The molecule has 112 valence electrons. The van der Waals surface area contributed by atoms with Gasteiger partial charge in [0.1, 0.15) is 12.2 Å². The quantitative estimate of drug-likeness (QED) is 0.363. The van der Waals surface area contributed by atoms with E-state index in [1.54, 1.807) is 12.4 Å². The Hall–Kier alpha value is -2.57. The highest BCUT2D eigenvalue weighted by molar-refractivity contribution is 5.97. The van der Waals surface area contributed by atoms with Gasteiger partial charge in [-0.3, -0.25) is 0 Å². The second-order valence-electron chi connectivity index (χ2n) is 4.79. The number of anilines is 1. The van der Waals surface area contributed by atoms with Crippen molar-refractivity contribution >= 4 is 11.5 Å². The van der Waals surface area contributed by atoms with Gasteiger partial charge in [-0.15, -0.1) is 0 Å². The molecule has 0 spiro atoms. The van der Waals surface area contributed by atoms with Crippen LogP contribution in [0.15, 0.2) is 35.7 Å². The maximum Gasteiger partial charge on any atom is 0.170 e. The lowest BCUT2D eigenvalue weighted by molar-refractivity contribution is 0.318. The van der Waals surface area contributed by atoms with Gasteiger partial charge in [0.2, 0.25) is 0 Å². The zero-order valence-corrected chi connectivity index (χ0v) is 12.3. The van der Waals surface area contributed by atoms with Gasteiger partial charge in [-0.1, -0.05) is 24.2 Å². The summed E-state index contributed by atoms with van der Waals surface area (Å²) in [6, 6.07) is 7.51. The molecule has 1 aromatic carbocycles. The zero-order valence-electron chi connectivity index (χ0n) is 12.3. The SMILES string of the molecule is CCCn1ncnc1CN(C)c1cccc(C(N)=NO)c1. The number of nitrogens with zero attached hydrogens (tertiary/aromatic N) is 5. The average Bonchev–Trinajstić information content (AvgIpc) is 2.94. The van der Waals surface area contributed by atoms with Gasteiger partial charge >= 0.3 is 0 Å². The summed E-state index contributed by atoms with van der Waals surface area (Å²) in [5.41, 5.74) is 7.26. The van der Waals surface area contributed by atoms with Gasteiger partial charge in [0, 0.05) is 24.8 Å². The number of hydrogen-bond acceptors (Lipinski definition) is 5. The molecule has 1 aromatic heterocycles. The maximum absolute atomic E-state index is 8.75. The third-order valence-electron chi connectivity index (χ3n) is 3.20. The molecule has 3 N–H and O–H groups in total. The minimum Gasteiger partial charge on any atom is -0.409 e. The van der Waals surface area contributed by atoms with Crippen molar-refractivity contribution in [2.45, 2.75) is 26.4 Å². The van der Waals surface area contributed by atoms with Crippen molar-refractivity contribution in [2.24, 2.45) is 10.9 Å². The van der Waals surface area contributed by atoms with Crippen molar-refractivity contribution in [1.29, 1.82) is 0 Å². The van der Waals surface area contributed by atoms with Crippen molar-refractivity contribution in [3.63, 3.8) is 0 Å². The Labute approximate surface area is 123 Å². The van der Waals surface area contributed by atoms with E-state index in [0.29, 0.717) is 12.1 Å². The summed E-state index contributed by atoms with van der Waals surface area (Å²) >= 11 is 0. The summed E-state index contributed by atoms with van der Waals surface area (Å²) in [6.07, 6.45) is 2.59. The Balaban J connectivity index is 2.16. The number of hydrogen-bond donors (Lipinski definition) is 2. The molecule has 0 bridgehead atoms. The third kappa shape index (κ3) is 3.50. The number of amidine groups is 1. The Morgan fingerprint density at radius 3 is 3.00 bits per heavy atom. The summed E-state index contributed by atoms with van der Waals surface area (Å²) in [7, 11) is 1.97. The van der Waals surface area contributed by atoms with E-state index in [4.69, 9.17) is 10.9 Å². The highest BCUT2D eigenvalue weighted by Crippen LogP contribution is 2.16. The fourth-order valence-electron chi connectivity index (χ4n) is 2.07. The number of oxime groups is 1. The van der Waals surface area contributed by atoms with Crippen molar-refractivity contribution < 1.29 is 5.21 Å². The van der Waals surface area contributed by atoms with Gasteiger partial charge in [-0.25, -0.2) is 9.67 Å². The second kappa shape index (κ2) is 6.74. The molecule has 0 fully saturated rings. The van der Waals surface area contributed by atoms with E-state index in [-0.39, 0.29) is 5.84 Å². The van der Waals surface area contributed by atoms with E-state index in [2.05, 4.69) is 22.2 Å². The number of nitrogens with two attached hydrogens (primary N) is 1. The Kier molecular flexibility index (Phi) is 4.76. The van der Waals surface area contributed by atoms with Crippen molar-refractivity contribution in [1.82, 2.24) is 14.8 Å². The molecule has 21 heavy (non-hydrogen) atoms. The van der Waals surface area contributed by atoms with E-state index in [9.17, 15) is 0 Å². The zero-order chi connectivity index (χ0) is 15.2. The largest absolute Gasteiger partial charge is 0.409 e. The second-order valence-corrected chi connectivity index (χ2v) is 4.79. The first-order chi connectivity index (χ1) is 10.2. The van der Waals surface area contributed by atoms with Gasteiger partial charge in [-0.05, 0) is 18.6 Å². The van der Waals surface area contributed by atoms with Crippen LogP contribution in [0.25, 0.3) is 0 Å². The van der Waals surface area contributed by atoms with E-state index in [0.717, 1.165) is 24.5 Å². The Morgan fingerprint density at radius 2 is 2.29 bits per heavy atom. The first kappa shape index (κ1) is 14.8. The fraction of sp³-hybridized carbons (Fsp3) is 0.357. The predicted molar refractivity (Wildman–Crippen MR) is 81.4 cm³/mol. The predicted octanol–water partition coefficient (Wildman–Crippen LogP) is 1.42. The van der Waals surface area contributed by atoms with Crippen LogP contribution in [-0.2, 0) is 13.1 Å². The van der Waals surface area contributed by atoms with Crippen molar-refractivity contribution in [3.05, 3.63) is 42.0 Å². The number of aryl methyl sites for hydroxylation is 1. The number of benzene rings is 1. The monoisotopic (exact) mass is 288 g/mol. The Bertz CT molecular complexity index is 621. The van der Waals surface area contributed by atoms with Gasteiger partial charge in [-0.2, -0.15) is 5.10 Å². The molecule has 0 atom stereocenters. The van der Waals surface area contributed by atoms with E-state index >= 15 is 0 Å². The van der Waals surface area contributed by atoms with Crippen molar-refractivity contribution in [2.75, 3.05) is 11.9 Å². The molecule has 2 rings (SSSR count). The van der Waals surface area contributed by atoms with Crippen LogP contribution in [-0.4, -0.2) is 32.9 Å². The highest BCUT2D eigenvalue weighted by atomic mass is 16.4. The number of aromatic nitrogens is 3. The standard InChI is InChI=1S/C14H20N6O/c1-3-7-20-13(16-10-17-20)9-19(2)12-6-4-5-11(8-12)14(15)18-21/h4-6,8,10,21H,3,7,9H2,1-2H3,(H2,15,18). The van der Waals surface area contributed by atoms with Crippen LogP contribution < -0.4 is 10.6 Å². The highest BCUT2D eigenvalue weighted by Gasteiger charge is 2.09. The molecule has 7 heteroatoms. The third-order valence-corrected chi connectivity index (χ3v) is 3.20. The topological polar surface area (TPSA) is 92.6 Å². The summed E-state index contributed by atoms with van der Waals surface area (Å²) in [6.45, 7) is 3.60. The van der Waals surface area contributed by atoms with Crippen LogP contribution in [0.3, 0.4) is 0 Å². The molecule has 0 saturated carbocycles. The molecular weight excluding hydrogens is 268 g/mol. The summed E-state index contributed by atoms with van der Waals surface area (Å²) < 4.78 is 1.91. The minimum absolute atomic E-state index is 0.0967. The number of rotatable bonds is 6. The van der Waals surface area contributed by atoms with E-state index in [1.165, 1.54) is 0 Å². The van der Waals surface area contributed by atoms with E-state index in [1.807, 2.05) is 34.8 Å². The van der Waals surface area contributed by atoms with Crippen molar-refractivity contribution in [3.8, 4) is 0 Å². The molecule has 0 unspecified atom stereocenters. The molecule has 2 aromatic rings. The van der Waals surface area contributed by atoms with Gasteiger partial charge in [0.15, 0.2) is 5.84 Å². The summed E-state index contributed by atoms with van der Waals surface area (Å²) in [4.78, 5) is 6.34. The molecule has 0 amide bonds. The van der Waals surface area contributed by atoms with Crippen LogP contribution in [0.1, 0.15) is 24.7 Å². The van der Waals surface area contributed by atoms with Crippen LogP contribution in [0.4, 0.5) is 5.69 Å².